The van der Waals surface area contributed by atoms with Gasteiger partial charge in [0.05, 0.1) is 12.1 Å². The molecular formula is C18H20N6O4. The number of pyridine rings is 1. The minimum atomic E-state index is -1.04. The fourth-order valence-electron chi connectivity index (χ4n) is 2.95. The van der Waals surface area contributed by atoms with Crippen LogP contribution in [0.5, 0.6) is 0 Å². The number of nitrogens with one attached hydrogen (secondary N) is 2. The number of amides is 4. The summed E-state index contributed by atoms with van der Waals surface area (Å²) in [5, 5.41) is 9.06. The summed E-state index contributed by atoms with van der Waals surface area (Å²) in [7, 11) is 1.62. The molecule has 2 aromatic rings. The largest absolute Gasteiger partial charge is 0.335 e. The molecule has 1 atom stereocenters. The number of rotatable bonds is 4. The van der Waals surface area contributed by atoms with E-state index in [2.05, 4.69) is 20.7 Å². The van der Waals surface area contributed by atoms with Crippen molar-refractivity contribution in [3.63, 3.8) is 0 Å². The van der Waals surface area contributed by atoms with Gasteiger partial charge in [-0.2, -0.15) is 5.10 Å². The SMILES string of the molecule is CC(C)N1C(=O)C[C@H](NC(=O)C(=O)Nc2cc(-c3ccncc3)nn2C)C1=O. The van der Waals surface area contributed by atoms with Crippen LogP contribution in [0.4, 0.5) is 5.82 Å². The van der Waals surface area contributed by atoms with E-state index in [4.69, 9.17) is 0 Å². The Morgan fingerprint density at radius 1 is 1.18 bits per heavy atom. The Hall–Kier alpha value is -3.56. The lowest BCUT2D eigenvalue weighted by Gasteiger charge is -2.19. The Kier molecular flexibility index (Phi) is 5.21. The highest BCUT2D eigenvalue weighted by molar-refractivity contribution is 6.40. The van der Waals surface area contributed by atoms with Crippen LogP contribution in [-0.4, -0.2) is 55.4 Å². The summed E-state index contributed by atoms with van der Waals surface area (Å²) in [5.74, 6) is -2.53. The summed E-state index contributed by atoms with van der Waals surface area (Å²) < 4.78 is 1.42. The second-order valence-electron chi connectivity index (χ2n) is 6.65. The Labute approximate surface area is 160 Å². The molecule has 1 aliphatic heterocycles. The van der Waals surface area contributed by atoms with Crippen molar-refractivity contribution in [1.29, 1.82) is 0 Å². The van der Waals surface area contributed by atoms with Crippen LogP contribution in [0.3, 0.4) is 0 Å². The summed E-state index contributed by atoms with van der Waals surface area (Å²) in [4.78, 5) is 53.5. The quantitative estimate of drug-likeness (QED) is 0.568. The maximum absolute atomic E-state index is 12.2. The third kappa shape index (κ3) is 3.75. The topological polar surface area (TPSA) is 126 Å². The van der Waals surface area contributed by atoms with Gasteiger partial charge in [0.15, 0.2) is 0 Å². The van der Waals surface area contributed by atoms with E-state index in [-0.39, 0.29) is 18.4 Å². The number of nitrogens with zero attached hydrogens (tertiary/aromatic N) is 4. The molecule has 1 aliphatic rings. The van der Waals surface area contributed by atoms with E-state index in [9.17, 15) is 19.2 Å². The van der Waals surface area contributed by atoms with Crippen LogP contribution < -0.4 is 10.6 Å². The molecule has 0 radical (unpaired) electrons. The van der Waals surface area contributed by atoms with Crippen molar-refractivity contribution in [2.75, 3.05) is 5.32 Å². The molecule has 0 bridgehead atoms. The average molecular weight is 384 g/mol. The zero-order valence-corrected chi connectivity index (χ0v) is 15.7. The van der Waals surface area contributed by atoms with Gasteiger partial charge in [-0.1, -0.05) is 0 Å². The Morgan fingerprint density at radius 2 is 1.86 bits per heavy atom. The van der Waals surface area contributed by atoms with Crippen molar-refractivity contribution in [3.05, 3.63) is 30.6 Å². The molecule has 0 unspecified atom stereocenters. The molecule has 0 spiro atoms. The second-order valence-corrected chi connectivity index (χ2v) is 6.65. The van der Waals surface area contributed by atoms with E-state index in [1.807, 2.05) is 0 Å². The molecule has 10 nitrogen and oxygen atoms in total. The van der Waals surface area contributed by atoms with Crippen LogP contribution in [0.1, 0.15) is 20.3 Å². The van der Waals surface area contributed by atoms with Gasteiger partial charge < -0.3 is 10.6 Å². The van der Waals surface area contributed by atoms with Gasteiger partial charge in [0.1, 0.15) is 11.9 Å². The van der Waals surface area contributed by atoms with Crippen LogP contribution in [-0.2, 0) is 26.2 Å². The van der Waals surface area contributed by atoms with Gasteiger partial charge in [-0.3, -0.25) is 33.7 Å². The smallest absolute Gasteiger partial charge is 0.314 e. The third-order valence-electron chi connectivity index (χ3n) is 4.31. The first-order valence-electron chi connectivity index (χ1n) is 8.70. The fourth-order valence-corrected chi connectivity index (χ4v) is 2.95. The molecule has 0 saturated carbocycles. The normalized spacial score (nSPS) is 16.6. The third-order valence-corrected chi connectivity index (χ3v) is 4.31. The van der Waals surface area contributed by atoms with Crippen molar-refractivity contribution in [2.45, 2.75) is 32.4 Å². The highest BCUT2D eigenvalue weighted by Gasteiger charge is 2.41. The summed E-state index contributed by atoms with van der Waals surface area (Å²) >= 11 is 0. The molecule has 1 fully saturated rings. The predicted octanol–water partition coefficient (Wildman–Crippen LogP) is 0.0727. The minimum absolute atomic E-state index is 0.159. The molecular weight excluding hydrogens is 364 g/mol. The number of imide groups is 1. The highest BCUT2D eigenvalue weighted by atomic mass is 16.2. The molecule has 10 heteroatoms. The number of hydrogen-bond donors (Lipinski definition) is 2. The molecule has 28 heavy (non-hydrogen) atoms. The van der Waals surface area contributed by atoms with Gasteiger partial charge in [0.2, 0.25) is 5.91 Å². The van der Waals surface area contributed by atoms with Crippen LogP contribution in [0, 0.1) is 0 Å². The Bertz CT molecular complexity index is 937. The molecule has 1 saturated heterocycles. The zero-order chi connectivity index (χ0) is 20.4. The van der Waals surface area contributed by atoms with Crippen molar-refractivity contribution in [1.82, 2.24) is 25.0 Å². The minimum Gasteiger partial charge on any atom is -0.335 e. The van der Waals surface area contributed by atoms with Crippen molar-refractivity contribution >= 4 is 29.4 Å². The van der Waals surface area contributed by atoms with E-state index in [1.54, 1.807) is 51.5 Å². The number of carbonyl (C=O) groups is 4. The van der Waals surface area contributed by atoms with Crippen LogP contribution in [0.15, 0.2) is 30.6 Å². The summed E-state index contributed by atoms with van der Waals surface area (Å²) in [5.41, 5.74) is 1.41. The van der Waals surface area contributed by atoms with Gasteiger partial charge in [-0.15, -0.1) is 0 Å². The highest BCUT2D eigenvalue weighted by Crippen LogP contribution is 2.20. The van der Waals surface area contributed by atoms with E-state index >= 15 is 0 Å². The Balaban J connectivity index is 1.66. The summed E-state index contributed by atoms with van der Waals surface area (Å²) in [6.07, 6.45) is 3.08. The number of hydrogen-bond acceptors (Lipinski definition) is 6. The van der Waals surface area contributed by atoms with Crippen molar-refractivity contribution in [2.24, 2.45) is 7.05 Å². The van der Waals surface area contributed by atoms with E-state index in [0.29, 0.717) is 11.5 Å². The number of carbonyl (C=O) groups excluding carboxylic acids is 4. The molecule has 2 N–H and O–H groups in total. The van der Waals surface area contributed by atoms with E-state index in [1.165, 1.54) is 4.68 Å². The number of aromatic nitrogens is 3. The lowest BCUT2D eigenvalue weighted by molar-refractivity contribution is -0.142. The molecule has 3 rings (SSSR count). The lowest BCUT2D eigenvalue weighted by Crippen LogP contribution is -2.47. The number of anilines is 1. The summed E-state index contributed by atoms with van der Waals surface area (Å²) in [6.45, 7) is 3.41. The predicted molar refractivity (Wildman–Crippen MR) is 98.6 cm³/mol. The maximum Gasteiger partial charge on any atom is 0.314 e. The Morgan fingerprint density at radius 3 is 2.46 bits per heavy atom. The summed E-state index contributed by atoms with van der Waals surface area (Å²) in [6, 6.07) is 3.81. The van der Waals surface area contributed by atoms with Crippen molar-refractivity contribution in [3.8, 4) is 11.3 Å². The molecule has 4 amide bonds. The van der Waals surface area contributed by atoms with Crippen molar-refractivity contribution < 1.29 is 19.2 Å². The number of aryl methyl sites for hydroxylation is 1. The van der Waals surface area contributed by atoms with Crippen LogP contribution >= 0.6 is 0 Å². The van der Waals surface area contributed by atoms with Crippen LogP contribution in [0.2, 0.25) is 0 Å². The average Bonchev–Trinajstić information content (AvgIpc) is 3.15. The first-order valence-corrected chi connectivity index (χ1v) is 8.70. The monoisotopic (exact) mass is 384 g/mol. The second kappa shape index (κ2) is 7.59. The molecule has 2 aromatic heterocycles. The van der Waals surface area contributed by atoms with E-state index < -0.39 is 23.8 Å². The van der Waals surface area contributed by atoms with Gasteiger partial charge in [0, 0.05) is 37.1 Å². The molecule has 0 aromatic carbocycles. The van der Waals surface area contributed by atoms with Gasteiger partial charge in [-0.05, 0) is 26.0 Å². The van der Waals surface area contributed by atoms with Gasteiger partial charge in [-0.25, -0.2) is 0 Å². The fraction of sp³-hybridized carbons (Fsp3) is 0.333. The number of likely N-dealkylation sites (tertiary alicyclic amines) is 1. The van der Waals surface area contributed by atoms with Gasteiger partial charge in [0.25, 0.3) is 5.91 Å². The molecule has 146 valence electrons. The lowest BCUT2D eigenvalue weighted by atomic mass is 10.2. The maximum atomic E-state index is 12.2. The van der Waals surface area contributed by atoms with Crippen LogP contribution in [0.25, 0.3) is 11.3 Å². The standard InChI is InChI=1S/C18H20N6O4/c1-10(2)24-15(25)9-13(18(24)28)20-16(26)17(27)21-14-8-12(22-23(14)3)11-4-6-19-7-5-11/h4-8,10,13H,9H2,1-3H3,(H,20,26)(H,21,27)/t13-/m0/s1. The zero-order valence-electron chi connectivity index (χ0n) is 15.7. The molecule has 3 heterocycles. The first kappa shape index (κ1) is 19.2. The van der Waals surface area contributed by atoms with Gasteiger partial charge >= 0.3 is 11.8 Å². The first-order chi connectivity index (χ1) is 13.3. The molecule has 0 aliphatic carbocycles. The van der Waals surface area contributed by atoms with E-state index in [0.717, 1.165) is 10.5 Å².